The Labute approximate surface area is 145 Å². The molecule has 5 heteroatoms. The monoisotopic (exact) mass is 337 g/mol. The van der Waals surface area contributed by atoms with Crippen molar-refractivity contribution < 1.29 is 19.7 Å². The molecule has 0 bridgehead atoms. The van der Waals surface area contributed by atoms with Crippen LogP contribution in [0.4, 0.5) is 0 Å². The van der Waals surface area contributed by atoms with Gasteiger partial charge in [-0.2, -0.15) is 0 Å². The smallest absolute Gasteiger partial charge is 0.123 e. The molecule has 1 unspecified atom stereocenters. The highest BCUT2D eigenvalue weighted by molar-refractivity contribution is 5.32. The van der Waals surface area contributed by atoms with Crippen LogP contribution >= 0.6 is 0 Å². The van der Waals surface area contributed by atoms with Crippen LogP contribution in [0.3, 0.4) is 0 Å². The van der Waals surface area contributed by atoms with E-state index < -0.39 is 6.10 Å². The molecule has 0 amide bonds. The normalized spacial score (nSPS) is 22.1. The zero-order chi connectivity index (χ0) is 18.0. The van der Waals surface area contributed by atoms with E-state index in [1.54, 1.807) is 13.2 Å². The Bertz CT molecular complexity index is 526. The summed E-state index contributed by atoms with van der Waals surface area (Å²) >= 11 is 0. The van der Waals surface area contributed by atoms with E-state index in [9.17, 15) is 10.2 Å². The highest BCUT2D eigenvalue weighted by Gasteiger charge is 2.45. The van der Waals surface area contributed by atoms with Gasteiger partial charge in [-0.15, -0.1) is 0 Å². The minimum Gasteiger partial charge on any atom is -0.497 e. The van der Waals surface area contributed by atoms with Crippen molar-refractivity contribution in [2.45, 2.75) is 63.8 Å². The van der Waals surface area contributed by atoms with Crippen LogP contribution in [-0.2, 0) is 0 Å². The number of likely N-dealkylation sites (tertiary alicyclic amines) is 1. The number of benzene rings is 1. The van der Waals surface area contributed by atoms with Gasteiger partial charge in [-0.3, -0.25) is 4.90 Å². The molecule has 1 aromatic carbocycles. The van der Waals surface area contributed by atoms with Crippen LogP contribution in [-0.4, -0.2) is 58.7 Å². The van der Waals surface area contributed by atoms with E-state index >= 15 is 0 Å². The van der Waals surface area contributed by atoms with Gasteiger partial charge in [0.2, 0.25) is 0 Å². The molecule has 1 atom stereocenters. The molecule has 1 aliphatic rings. The molecule has 1 saturated heterocycles. The summed E-state index contributed by atoms with van der Waals surface area (Å²) in [5.41, 5.74) is -0.337. The summed E-state index contributed by atoms with van der Waals surface area (Å²) in [5.74, 6) is 1.41. The second-order valence-corrected chi connectivity index (χ2v) is 7.94. The second-order valence-electron chi connectivity index (χ2n) is 7.94. The third-order valence-corrected chi connectivity index (χ3v) is 4.81. The van der Waals surface area contributed by atoms with Gasteiger partial charge in [0.25, 0.3) is 0 Å². The highest BCUT2D eigenvalue weighted by Crippen LogP contribution is 2.38. The Kier molecular flexibility index (Phi) is 5.78. The number of piperidine rings is 1. The fourth-order valence-electron chi connectivity index (χ4n) is 3.91. The Balaban J connectivity index is 1.96. The molecule has 0 aromatic heterocycles. The molecule has 2 N–H and O–H groups in total. The first kappa shape index (κ1) is 19.0. The largest absolute Gasteiger partial charge is 0.497 e. The van der Waals surface area contributed by atoms with Gasteiger partial charge in [-0.25, -0.2) is 0 Å². The lowest BCUT2D eigenvalue weighted by molar-refractivity contribution is -0.1000. The van der Waals surface area contributed by atoms with Crippen molar-refractivity contribution in [3.63, 3.8) is 0 Å². The molecule has 2 rings (SSSR count). The van der Waals surface area contributed by atoms with Gasteiger partial charge in [-0.05, 0) is 52.7 Å². The Hall–Kier alpha value is -1.30. The molecule has 0 aliphatic carbocycles. The average molecular weight is 337 g/mol. The van der Waals surface area contributed by atoms with Crippen LogP contribution in [0.2, 0.25) is 0 Å². The maximum atomic E-state index is 10.5. The molecule has 24 heavy (non-hydrogen) atoms. The van der Waals surface area contributed by atoms with Gasteiger partial charge < -0.3 is 19.7 Å². The molecule has 1 fully saturated rings. The number of aliphatic hydroxyl groups excluding tert-OH is 2. The number of aliphatic hydroxyl groups is 2. The fourth-order valence-corrected chi connectivity index (χ4v) is 3.91. The van der Waals surface area contributed by atoms with E-state index in [1.165, 1.54) is 0 Å². The summed E-state index contributed by atoms with van der Waals surface area (Å²) in [5, 5.41) is 20.6. The number of ether oxygens (including phenoxy) is 2. The maximum absolute atomic E-state index is 10.5. The lowest BCUT2D eigenvalue weighted by Gasteiger charge is -2.54. The molecule has 0 saturated carbocycles. The quantitative estimate of drug-likeness (QED) is 0.835. The first-order valence-electron chi connectivity index (χ1n) is 8.55. The summed E-state index contributed by atoms with van der Waals surface area (Å²) in [4.78, 5) is 2.28. The van der Waals surface area contributed by atoms with Crippen molar-refractivity contribution in [3.8, 4) is 11.5 Å². The fraction of sp³-hybridized carbons (Fsp3) is 0.684. The van der Waals surface area contributed by atoms with Gasteiger partial charge in [0, 0.05) is 23.7 Å². The zero-order valence-electron chi connectivity index (χ0n) is 15.5. The van der Waals surface area contributed by atoms with Crippen LogP contribution in [0.1, 0.15) is 40.5 Å². The molecule has 1 aromatic rings. The number of hydrogen-bond donors (Lipinski definition) is 2. The number of nitrogens with zero attached hydrogens (tertiary/aromatic N) is 1. The van der Waals surface area contributed by atoms with Crippen LogP contribution < -0.4 is 9.47 Å². The van der Waals surface area contributed by atoms with E-state index in [0.717, 1.165) is 5.75 Å². The first-order valence-corrected chi connectivity index (χ1v) is 8.55. The molecule has 1 aliphatic heterocycles. The first-order chi connectivity index (χ1) is 11.1. The molecule has 5 nitrogen and oxygen atoms in total. The minimum atomic E-state index is -0.606. The maximum Gasteiger partial charge on any atom is 0.123 e. The SMILES string of the molecule is COc1cccc(OCC(O)CN2C(C)(C)CC(O)CC2(C)C)c1. The molecule has 1 heterocycles. The van der Waals surface area contributed by atoms with E-state index in [4.69, 9.17) is 9.47 Å². The average Bonchev–Trinajstić information content (AvgIpc) is 2.48. The summed E-state index contributed by atoms with van der Waals surface area (Å²) in [6.45, 7) is 9.20. The van der Waals surface area contributed by atoms with Gasteiger partial charge in [-0.1, -0.05) is 6.07 Å². The zero-order valence-corrected chi connectivity index (χ0v) is 15.5. The van der Waals surface area contributed by atoms with E-state index in [-0.39, 0.29) is 23.8 Å². The lowest BCUT2D eigenvalue weighted by Crippen LogP contribution is -2.63. The molecule has 136 valence electrons. The molecule has 0 spiro atoms. The van der Waals surface area contributed by atoms with Gasteiger partial charge in [0.15, 0.2) is 0 Å². The highest BCUT2D eigenvalue weighted by atomic mass is 16.5. The second kappa shape index (κ2) is 7.30. The van der Waals surface area contributed by atoms with E-state index in [0.29, 0.717) is 25.1 Å². The van der Waals surface area contributed by atoms with Gasteiger partial charge >= 0.3 is 0 Å². The minimum absolute atomic E-state index is 0.169. The van der Waals surface area contributed by atoms with Crippen molar-refractivity contribution >= 4 is 0 Å². The van der Waals surface area contributed by atoms with Crippen molar-refractivity contribution in [2.24, 2.45) is 0 Å². The summed E-state index contributed by atoms with van der Waals surface area (Å²) < 4.78 is 10.9. The number of β-amino-alcohol motifs (C(OH)–C–C–N with tert-alkyl or cyclic N) is 1. The van der Waals surface area contributed by atoms with Crippen LogP contribution in [0.5, 0.6) is 11.5 Å². The van der Waals surface area contributed by atoms with E-state index in [1.807, 2.05) is 18.2 Å². The number of rotatable bonds is 6. The Morgan fingerprint density at radius 1 is 1.17 bits per heavy atom. The van der Waals surface area contributed by atoms with Crippen LogP contribution in [0.25, 0.3) is 0 Å². The Morgan fingerprint density at radius 3 is 2.33 bits per heavy atom. The number of hydrogen-bond acceptors (Lipinski definition) is 5. The predicted octanol–water partition coefficient (Wildman–Crippen LogP) is 2.45. The summed E-state index contributed by atoms with van der Waals surface area (Å²) in [7, 11) is 1.61. The predicted molar refractivity (Wildman–Crippen MR) is 94.6 cm³/mol. The third kappa shape index (κ3) is 4.62. The van der Waals surface area contributed by atoms with Crippen molar-refractivity contribution in [3.05, 3.63) is 24.3 Å². The topological polar surface area (TPSA) is 62.2 Å². The summed E-state index contributed by atoms with van der Waals surface area (Å²) in [6.07, 6.45) is 0.515. The molecular weight excluding hydrogens is 306 g/mol. The van der Waals surface area contributed by atoms with E-state index in [2.05, 4.69) is 32.6 Å². The third-order valence-electron chi connectivity index (χ3n) is 4.81. The van der Waals surface area contributed by atoms with Gasteiger partial charge in [0.05, 0.1) is 13.2 Å². The summed E-state index contributed by atoms with van der Waals surface area (Å²) in [6, 6.07) is 7.37. The Morgan fingerprint density at radius 2 is 1.75 bits per heavy atom. The van der Waals surface area contributed by atoms with Crippen molar-refractivity contribution in [1.29, 1.82) is 0 Å². The number of methoxy groups -OCH3 is 1. The standard InChI is InChI=1S/C19H31NO4/c1-18(2)10-14(21)11-19(3,4)20(18)12-15(22)13-24-17-8-6-7-16(9-17)23-5/h6-9,14-15,21-22H,10-13H2,1-5H3. The van der Waals surface area contributed by atoms with Crippen molar-refractivity contribution in [1.82, 2.24) is 4.90 Å². The van der Waals surface area contributed by atoms with Crippen LogP contribution in [0.15, 0.2) is 24.3 Å². The molecular formula is C19H31NO4. The lowest BCUT2D eigenvalue weighted by atomic mass is 9.78. The van der Waals surface area contributed by atoms with Crippen LogP contribution in [0, 0.1) is 0 Å². The van der Waals surface area contributed by atoms with Crippen molar-refractivity contribution in [2.75, 3.05) is 20.3 Å². The molecule has 0 radical (unpaired) electrons. The van der Waals surface area contributed by atoms with Gasteiger partial charge in [0.1, 0.15) is 24.2 Å².